The summed E-state index contributed by atoms with van der Waals surface area (Å²) in [5.41, 5.74) is 2.69. The lowest BCUT2D eigenvalue weighted by atomic mass is 10.1. The average Bonchev–Trinajstić information content (AvgIpc) is 2.94. The minimum absolute atomic E-state index is 0.106. The molecule has 8 heteroatoms. The van der Waals surface area contributed by atoms with Gasteiger partial charge in [0.1, 0.15) is 35.3 Å². The van der Waals surface area contributed by atoms with Crippen molar-refractivity contribution in [3.8, 4) is 23.0 Å². The molecule has 0 spiro atoms. The summed E-state index contributed by atoms with van der Waals surface area (Å²) in [7, 11) is 1.65. The van der Waals surface area contributed by atoms with Gasteiger partial charge < -0.3 is 23.4 Å². The van der Waals surface area contributed by atoms with Crippen LogP contribution in [0.5, 0.6) is 23.0 Å². The fraction of sp³-hybridized carbons (Fsp3) is 0.267. The standard InChI is InChI=1S/C30H29NO7/c1-4-35-30(33)21-7-11-23(12-8-21)38-28-19(2)37-29-24(27(28)32)13-14-26-25(29)17-31(18-36-26)16-15-20-5-9-22(34-3)10-6-20/h5-14H,4,15-18H2,1-3H3. The van der Waals surface area contributed by atoms with Crippen molar-refractivity contribution in [2.75, 3.05) is 27.0 Å². The van der Waals surface area contributed by atoms with Crippen LogP contribution in [0.3, 0.4) is 0 Å². The number of carbonyl (C=O) groups is 1. The van der Waals surface area contributed by atoms with E-state index in [4.69, 9.17) is 23.4 Å². The van der Waals surface area contributed by atoms with Gasteiger partial charge in [0.2, 0.25) is 11.2 Å². The van der Waals surface area contributed by atoms with E-state index in [0.29, 0.717) is 53.7 Å². The highest BCUT2D eigenvalue weighted by Crippen LogP contribution is 2.34. The topological polar surface area (TPSA) is 87.4 Å². The van der Waals surface area contributed by atoms with Gasteiger partial charge in [0.25, 0.3) is 0 Å². The van der Waals surface area contributed by atoms with E-state index in [1.54, 1.807) is 51.3 Å². The number of benzene rings is 3. The molecule has 0 saturated carbocycles. The maximum absolute atomic E-state index is 13.4. The quantitative estimate of drug-likeness (QED) is 0.285. The Morgan fingerprint density at radius 1 is 1.00 bits per heavy atom. The number of esters is 1. The normalized spacial score (nSPS) is 13.0. The van der Waals surface area contributed by atoms with Gasteiger partial charge in [0.05, 0.1) is 30.2 Å². The Morgan fingerprint density at radius 2 is 1.74 bits per heavy atom. The molecule has 0 N–H and O–H groups in total. The van der Waals surface area contributed by atoms with E-state index >= 15 is 0 Å². The Balaban J connectivity index is 1.36. The van der Waals surface area contributed by atoms with E-state index in [2.05, 4.69) is 17.0 Å². The van der Waals surface area contributed by atoms with Crippen LogP contribution in [-0.4, -0.2) is 37.9 Å². The zero-order valence-electron chi connectivity index (χ0n) is 21.6. The number of carbonyl (C=O) groups excluding carboxylic acids is 1. The lowest BCUT2D eigenvalue weighted by Crippen LogP contribution is -2.33. The van der Waals surface area contributed by atoms with Crippen molar-refractivity contribution < 1.29 is 28.2 Å². The predicted molar refractivity (Wildman–Crippen MR) is 142 cm³/mol. The molecule has 0 atom stereocenters. The highest BCUT2D eigenvalue weighted by atomic mass is 16.5. The third kappa shape index (κ3) is 5.21. The van der Waals surface area contributed by atoms with Crippen LogP contribution in [0.2, 0.25) is 0 Å². The zero-order valence-corrected chi connectivity index (χ0v) is 21.6. The summed E-state index contributed by atoms with van der Waals surface area (Å²) in [4.78, 5) is 27.5. The van der Waals surface area contributed by atoms with Crippen LogP contribution in [0.15, 0.2) is 69.9 Å². The monoisotopic (exact) mass is 515 g/mol. The van der Waals surface area contributed by atoms with Gasteiger partial charge in [-0.15, -0.1) is 0 Å². The summed E-state index contributed by atoms with van der Waals surface area (Å²) in [5.74, 6) is 2.02. The van der Waals surface area contributed by atoms with Crippen molar-refractivity contribution in [2.24, 2.45) is 0 Å². The second kappa shape index (κ2) is 11.0. The van der Waals surface area contributed by atoms with Crippen LogP contribution < -0.4 is 19.6 Å². The number of rotatable bonds is 8. The van der Waals surface area contributed by atoms with Gasteiger partial charge in [-0.3, -0.25) is 9.69 Å². The summed E-state index contributed by atoms with van der Waals surface area (Å²) in [6.07, 6.45) is 0.851. The Morgan fingerprint density at radius 3 is 2.45 bits per heavy atom. The fourth-order valence-electron chi connectivity index (χ4n) is 4.43. The third-order valence-electron chi connectivity index (χ3n) is 6.49. The smallest absolute Gasteiger partial charge is 0.338 e. The molecule has 8 nitrogen and oxygen atoms in total. The van der Waals surface area contributed by atoms with Gasteiger partial charge in [-0.25, -0.2) is 4.79 Å². The van der Waals surface area contributed by atoms with Gasteiger partial charge in [0.15, 0.2) is 0 Å². The van der Waals surface area contributed by atoms with Crippen molar-refractivity contribution >= 4 is 16.9 Å². The van der Waals surface area contributed by atoms with Gasteiger partial charge in [-0.1, -0.05) is 12.1 Å². The first-order valence-corrected chi connectivity index (χ1v) is 12.5. The zero-order chi connectivity index (χ0) is 26.6. The number of nitrogens with zero attached hydrogens (tertiary/aromatic N) is 1. The van der Waals surface area contributed by atoms with Crippen LogP contribution in [0.25, 0.3) is 11.0 Å². The van der Waals surface area contributed by atoms with E-state index in [-0.39, 0.29) is 11.2 Å². The van der Waals surface area contributed by atoms with Crippen molar-refractivity contribution in [1.82, 2.24) is 4.90 Å². The Bertz CT molecular complexity index is 1510. The highest BCUT2D eigenvalue weighted by molar-refractivity contribution is 5.89. The average molecular weight is 516 g/mol. The highest BCUT2D eigenvalue weighted by Gasteiger charge is 2.24. The molecule has 0 aliphatic carbocycles. The maximum Gasteiger partial charge on any atom is 0.338 e. The van der Waals surface area contributed by atoms with E-state index < -0.39 is 5.97 Å². The molecule has 0 radical (unpaired) electrons. The number of ether oxygens (including phenoxy) is 4. The minimum Gasteiger partial charge on any atom is -0.497 e. The first-order chi connectivity index (χ1) is 18.5. The number of aryl methyl sites for hydroxylation is 1. The first-order valence-electron chi connectivity index (χ1n) is 12.5. The van der Waals surface area contributed by atoms with Crippen LogP contribution in [0.1, 0.15) is 34.2 Å². The molecule has 0 unspecified atom stereocenters. The van der Waals surface area contributed by atoms with Crippen LogP contribution in [-0.2, 0) is 17.7 Å². The number of hydrogen-bond donors (Lipinski definition) is 0. The van der Waals surface area contributed by atoms with Gasteiger partial charge in [0, 0.05) is 13.1 Å². The largest absolute Gasteiger partial charge is 0.497 e. The lowest BCUT2D eigenvalue weighted by molar-refractivity contribution is 0.0526. The molecule has 1 aliphatic rings. The lowest BCUT2D eigenvalue weighted by Gasteiger charge is -2.29. The molecular weight excluding hydrogens is 486 g/mol. The summed E-state index contributed by atoms with van der Waals surface area (Å²) in [5, 5.41) is 0.424. The van der Waals surface area contributed by atoms with Gasteiger partial charge >= 0.3 is 5.97 Å². The van der Waals surface area contributed by atoms with E-state index in [0.717, 1.165) is 24.3 Å². The Kier molecular flexibility index (Phi) is 7.33. The van der Waals surface area contributed by atoms with Crippen molar-refractivity contribution in [2.45, 2.75) is 26.8 Å². The first kappa shape index (κ1) is 25.4. The number of methoxy groups -OCH3 is 1. The van der Waals surface area contributed by atoms with Crippen molar-refractivity contribution in [3.63, 3.8) is 0 Å². The van der Waals surface area contributed by atoms with Gasteiger partial charge in [-0.2, -0.15) is 0 Å². The molecule has 0 fully saturated rings. The Hall–Kier alpha value is -4.30. The molecule has 4 aromatic rings. The summed E-state index contributed by atoms with van der Waals surface area (Å²) in [6, 6.07) is 18.0. The molecule has 0 bridgehead atoms. The number of hydrogen-bond acceptors (Lipinski definition) is 8. The molecule has 0 saturated heterocycles. The van der Waals surface area contributed by atoms with Crippen LogP contribution in [0, 0.1) is 6.92 Å². The van der Waals surface area contributed by atoms with E-state index in [9.17, 15) is 9.59 Å². The second-order valence-electron chi connectivity index (χ2n) is 9.01. The summed E-state index contributed by atoms with van der Waals surface area (Å²) >= 11 is 0. The van der Waals surface area contributed by atoms with Crippen molar-refractivity contribution in [3.05, 3.63) is 93.3 Å². The molecule has 0 amide bonds. The van der Waals surface area contributed by atoms with Gasteiger partial charge in [-0.05, 0) is 74.4 Å². The molecule has 1 aliphatic heterocycles. The predicted octanol–water partition coefficient (Wildman–Crippen LogP) is 5.47. The third-order valence-corrected chi connectivity index (χ3v) is 6.49. The Labute approximate surface area is 220 Å². The van der Waals surface area contributed by atoms with E-state index in [1.165, 1.54) is 5.56 Å². The molecule has 1 aromatic heterocycles. The SMILES string of the molecule is CCOC(=O)c1ccc(Oc2c(C)oc3c4c(ccc3c2=O)OCN(CCc2ccc(OC)cc2)C4)cc1. The molecule has 196 valence electrons. The van der Waals surface area contributed by atoms with Crippen LogP contribution in [0.4, 0.5) is 0 Å². The van der Waals surface area contributed by atoms with Crippen molar-refractivity contribution in [1.29, 1.82) is 0 Å². The molecule has 38 heavy (non-hydrogen) atoms. The summed E-state index contributed by atoms with van der Waals surface area (Å²) < 4.78 is 28.3. The number of fused-ring (bicyclic) bond motifs is 3. The molecule has 5 rings (SSSR count). The summed E-state index contributed by atoms with van der Waals surface area (Å²) in [6.45, 7) is 5.59. The second-order valence-corrected chi connectivity index (χ2v) is 9.01. The molecular formula is C30H29NO7. The fourth-order valence-corrected chi connectivity index (χ4v) is 4.43. The van der Waals surface area contributed by atoms with E-state index in [1.807, 2.05) is 18.2 Å². The molecule has 3 aromatic carbocycles. The molecule has 2 heterocycles. The van der Waals surface area contributed by atoms with Crippen LogP contribution >= 0.6 is 0 Å². The maximum atomic E-state index is 13.4. The minimum atomic E-state index is -0.412.